The van der Waals surface area contributed by atoms with E-state index in [2.05, 4.69) is 15.7 Å². The van der Waals surface area contributed by atoms with Crippen molar-refractivity contribution in [3.8, 4) is 5.69 Å². The highest BCUT2D eigenvalue weighted by Gasteiger charge is 2.17. The summed E-state index contributed by atoms with van der Waals surface area (Å²) in [5.41, 5.74) is 0.498. The molecule has 2 aromatic rings. The van der Waals surface area contributed by atoms with Gasteiger partial charge in [0.15, 0.2) is 0 Å². The van der Waals surface area contributed by atoms with Crippen molar-refractivity contribution in [1.29, 1.82) is 0 Å². The minimum atomic E-state index is -0.663. The van der Waals surface area contributed by atoms with Crippen molar-refractivity contribution in [2.24, 2.45) is 0 Å². The van der Waals surface area contributed by atoms with E-state index in [4.69, 9.17) is 0 Å². The number of aromatic nitrogens is 2. The highest BCUT2D eigenvalue weighted by molar-refractivity contribution is 5.97. The van der Waals surface area contributed by atoms with E-state index in [0.717, 1.165) is 0 Å². The molecule has 1 aromatic carbocycles. The molecule has 0 saturated carbocycles. The zero-order chi connectivity index (χ0) is 16.1. The van der Waals surface area contributed by atoms with Gasteiger partial charge in [0.05, 0.1) is 11.8 Å². The lowest BCUT2D eigenvalue weighted by Gasteiger charge is -2.12. The fraction of sp³-hybridized carbons (Fsp3) is 0.267. The average molecular weight is 304 g/mol. The molecule has 0 radical (unpaired) electrons. The van der Waals surface area contributed by atoms with Crippen LogP contribution < -0.4 is 10.6 Å². The molecule has 6 nitrogen and oxygen atoms in total. The summed E-state index contributed by atoms with van der Waals surface area (Å²) in [6.07, 6.45) is 2.74. The van der Waals surface area contributed by atoms with Crippen molar-refractivity contribution in [2.45, 2.75) is 19.9 Å². The first-order chi connectivity index (χ1) is 10.5. The molecule has 0 saturated heterocycles. The van der Waals surface area contributed by atoms with Crippen LogP contribution in [-0.2, 0) is 4.79 Å². The van der Waals surface area contributed by atoms with Crippen LogP contribution in [0.3, 0.4) is 0 Å². The van der Waals surface area contributed by atoms with E-state index in [0.29, 0.717) is 6.54 Å². The fourth-order valence-corrected chi connectivity index (χ4v) is 1.88. The van der Waals surface area contributed by atoms with E-state index in [9.17, 15) is 14.0 Å². The van der Waals surface area contributed by atoms with Gasteiger partial charge in [-0.05, 0) is 26.0 Å². The predicted molar refractivity (Wildman–Crippen MR) is 79.1 cm³/mol. The van der Waals surface area contributed by atoms with E-state index in [1.165, 1.54) is 23.1 Å². The largest absolute Gasteiger partial charge is 0.355 e. The van der Waals surface area contributed by atoms with Gasteiger partial charge in [-0.15, -0.1) is 0 Å². The third-order valence-electron chi connectivity index (χ3n) is 3.04. The number of carbonyl (C=O) groups excluding carboxylic acids is 2. The Kier molecular flexibility index (Phi) is 4.88. The summed E-state index contributed by atoms with van der Waals surface area (Å²) >= 11 is 0. The lowest BCUT2D eigenvalue weighted by atomic mass is 10.2. The van der Waals surface area contributed by atoms with Crippen LogP contribution >= 0.6 is 0 Å². The number of nitrogens with one attached hydrogen (secondary N) is 2. The van der Waals surface area contributed by atoms with Gasteiger partial charge in [0.1, 0.15) is 17.5 Å². The van der Waals surface area contributed by atoms with Gasteiger partial charge in [-0.1, -0.05) is 12.1 Å². The SMILES string of the molecule is CCNC(=O)[C@@H](C)NC(=O)c1cnn(-c2ccccc2F)c1. The second-order valence-corrected chi connectivity index (χ2v) is 4.71. The Hall–Kier alpha value is -2.70. The van der Waals surface area contributed by atoms with Gasteiger partial charge in [-0.25, -0.2) is 9.07 Å². The summed E-state index contributed by atoms with van der Waals surface area (Å²) in [5.74, 6) is -1.15. The highest BCUT2D eigenvalue weighted by Crippen LogP contribution is 2.12. The molecule has 0 bridgehead atoms. The maximum Gasteiger partial charge on any atom is 0.255 e. The Morgan fingerprint density at radius 1 is 1.36 bits per heavy atom. The molecule has 0 aliphatic rings. The van der Waals surface area contributed by atoms with E-state index < -0.39 is 17.8 Å². The Morgan fingerprint density at radius 3 is 2.77 bits per heavy atom. The maximum absolute atomic E-state index is 13.7. The van der Waals surface area contributed by atoms with Crippen molar-refractivity contribution in [3.05, 3.63) is 48.0 Å². The van der Waals surface area contributed by atoms with E-state index >= 15 is 0 Å². The van der Waals surface area contributed by atoms with Crippen LogP contribution in [0.2, 0.25) is 0 Å². The van der Waals surface area contributed by atoms with Crippen LogP contribution in [0.4, 0.5) is 4.39 Å². The van der Waals surface area contributed by atoms with Crippen LogP contribution in [0.25, 0.3) is 5.69 Å². The highest BCUT2D eigenvalue weighted by atomic mass is 19.1. The number of rotatable bonds is 5. The summed E-state index contributed by atoms with van der Waals surface area (Å²) in [6.45, 7) is 3.87. The number of nitrogens with zero attached hydrogens (tertiary/aromatic N) is 2. The second kappa shape index (κ2) is 6.84. The average Bonchev–Trinajstić information content (AvgIpc) is 2.97. The third-order valence-corrected chi connectivity index (χ3v) is 3.04. The molecule has 22 heavy (non-hydrogen) atoms. The number of hydrogen-bond donors (Lipinski definition) is 2. The molecule has 116 valence electrons. The van der Waals surface area contributed by atoms with Crippen molar-refractivity contribution < 1.29 is 14.0 Å². The van der Waals surface area contributed by atoms with Gasteiger partial charge < -0.3 is 10.6 Å². The molecule has 1 heterocycles. The van der Waals surface area contributed by atoms with E-state index in [1.807, 2.05) is 0 Å². The molecule has 1 atom stereocenters. The van der Waals surface area contributed by atoms with Gasteiger partial charge in [0.25, 0.3) is 5.91 Å². The molecule has 2 rings (SSSR count). The first-order valence-corrected chi connectivity index (χ1v) is 6.91. The lowest BCUT2D eigenvalue weighted by molar-refractivity contribution is -0.122. The van der Waals surface area contributed by atoms with Gasteiger partial charge in [0, 0.05) is 12.7 Å². The lowest BCUT2D eigenvalue weighted by Crippen LogP contribution is -2.44. The number of amides is 2. The molecular formula is C15H17FN4O2. The van der Waals surface area contributed by atoms with Gasteiger partial charge in [-0.3, -0.25) is 9.59 Å². The second-order valence-electron chi connectivity index (χ2n) is 4.71. The monoisotopic (exact) mass is 304 g/mol. The number of hydrogen-bond acceptors (Lipinski definition) is 3. The fourth-order valence-electron chi connectivity index (χ4n) is 1.88. The van der Waals surface area contributed by atoms with Crippen molar-refractivity contribution in [3.63, 3.8) is 0 Å². The summed E-state index contributed by atoms with van der Waals surface area (Å²) < 4.78 is 15.0. The van der Waals surface area contributed by atoms with Crippen LogP contribution in [0.15, 0.2) is 36.7 Å². The van der Waals surface area contributed by atoms with Gasteiger partial charge in [0.2, 0.25) is 5.91 Å². The van der Waals surface area contributed by atoms with Crippen molar-refractivity contribution in [2.75, 3.05) is 6.54 Å². The summed E-state index contributed by atoms with van der Waals surface area (Å²) in [7, 11) is 0. The summed E-state index contributed by atoms with van der Waals surface area (Å²) in [4.78, 5) is 23.6. The number of halogens is 1. The first kappa shape index (κ1) is 15.7. The Bertz CT molecular complexity index is 684. The van der Waals surface area contributed by atoms with Crippen LogP contribution in [0.1, 0.15) is 24.2 Å². The zero-order valence-corrected chi connectivity index (χ0v) is 12.3. The minimum Gasteiger partial charge on any atom is -0.355 e. The van der Waals surface area contributed by atoms with Gasteiger partial charge in [-0.2, -0.15) is 5.10 Å². The summed E-state index contributed by atoms with van der Waals surface area (Å²) in [6, 6.07) is 5.46. The zero-order valence-electron chi connectivity index (χ0n) is 12.3. The third kappa shape index (κ3) is 3.49. The number of likely N-dealkylation sites (N-methyl/N-ethyl adjacent to an activating group) is 1. The van der Waals surface area contributed by atoms with Crippen LogP contribution in [-0.4, -0.2) is 34.2 Å². The number of para-hydroxylation sites is 1. The van der Waals surface area contributed by atoms with E-state index in [1.54, 1.807) is 32.0 Å². The smallest absolute Gasteiger partial charge is 0.255 e. The first-order valence-electron chi connectivity index (χ1n) is 6.91. The molecule has 2 amide bonds. The molecule has 7 heteroatoms. The normalized spacial score (nSPS) is 11.8. The molecule has 2 N–H and O–H groups in total. The van der Waals surface area contributed by atoms with Crippen molar-refractivity contribution in [1.82, 2.24) is 20.4 Å². The molecule has 0 unspecified atom stereocenters. The van der Waals surface area contributed by atoms with E-state index in [-0.39, 0.29) is 17.2 Å². The molecule has 0 fully saturated rings. The molecule has 0 aliphatic carbocycles. The number of carbonyl (C=O) groups is 2. The Balaban J connectivity index is 2.10. The van der Waals surface area contributed by atoms with Crippen LogP contribution in [0.5, 0.6) is 0 Å². The quantitative estimate of drug-likeness (QED) is 0.873. The molecule has 0 spiro atoms. The van der Waals surface area contributed by atoms with Crippen LogP contribution in [0, 0.1) is 5.82 Å². The molecule has 0 aliphatic heterocycles. The van der Waals surface area contributed by atoms with Gasteiger partial charge >= 0.3 is 0 Å². The molecule has 1 aromatic heterocycles. The molecular weight excluding hydrogens is 287 g/mol. The number of benzene rings is 1. The summed E-state index contributed by atoms with van der Waals surface area (Å²) in [5, 5.41) is 9.15. The maximum atomic E-state index is 13.7. The Labute approximate surface area is 127 Å². The predicted octanol–water partition coefficient (Wildman–Crippen LogP) is 1.27. The standard InChI is InChI=1S/C15H17FN4O2/c1-3-17-14(21)10(2)19-15(22)11-8-18-20(9-11)13-7-5-4-6-12(13)16/h4-10H,3H2,1-2H3,(H,17,21)(H,19,22)/t10-/m1/s1. The Morgan fingerprint density at radius 2 is 2.09 bits per heavy atom. The van der Waals surface area contributed by atoms with Crippen molar-refractivity contribution >= 4 is 11.8 Å². The topological polar surface area (TPSA) is 76.0 Å². The minimum absolute atomic E-state index is 0.248.